The van der Waals surface area contributed by atoms with Crippen LogP contribution in [0.4, 0.5) is 0 Å². The van der Waals surface area contributed by atoms with Crippen LogP contribution in [0, 0.1) is 0 Å². The highest BCUT2D eigenvalue weighted by Crippen LogP contribution is 2.41. The Hall–Kier alpha value is -4.04. The van der Waals surface area contributed by atoms with E-state index < -0.39 is 0 Å². The second-order valence-corrected chi connectivity index (χ2v) is 7.91. The zero-order chi connectivity index (χ0) is 19.7. The van der Waals surface area contributed by atoms with E-state index in [9.17, 15) is 0 Å². The van der Waals surface area contributed by atoms with Gasteiger partial charge in [-0.1, -0.05) is 78.9 Å². The first-order valence-electron chi connectivity index (χ1n) is 10.3. The van der Waals surface area contributed by atoms with Gasteiger partial charge in [0.1, 0.15) is 0 Å². The van der Waals surface area contributed by atoms with Crippen molar-refractivity contribution in [3.05, 3.63) is 103 Å². The van der Waals surface area contributed by atoms with Crippen LogP contribution in [0.25, 0.3) is 60.1 Å². The number of nitrogens with one attached hydrogen (secondary N) is 1. The second kappa shape index (κ2) is 5.74. The van der Waals surface area contributed by atoms with Crippen molar-refractivity contribution >= 4 is 54.4 Å². The SMILES string of the molecule is c1ccc(-n2c3c4ccccc4ccc3c3ccc4[nH]c5ccccc5c4c32)cc1. The molecule has 0 saturated heterocycles. The zero-order valence-corrected chi connectivity index (χ0v) is 16.3. The predicted molar refractivity (Wildman–Crippen MR) is 128 cm³/mol. The van der Waals surface area contributed by atoms with Gasteiger partial charge in [-0.25, -0.2) is 0 Å². The molecule has 2 nitrogen and oxygen atoms in total. The third-order valence-electron chi connectivity index (χ3n) is 6.30. The van der Waals surface area contributed by atoms with Crippen LogP contribution in [0.3, 0.4) is 0 Å². The number of H-pyrrole nitrogens is 1. The third-order valence-corrected chi connectivity index (χ3v) is 6.30. The van der Waals surface area contributed by atoms with Crippen molar-refractivity contribution in [1.82, 2.24) is 9.55 Å². The maximum Gasteiger partial charge on any atom is 0.0641 e. The average Bonchev–Trinajstić information content (AvgIpc) is 3.35. The van der Waals surface area contributed by atoms with Gasteiger partial charge in [-0.3, -0.25) is 0 Å². The molecule has 1 N–H and O–H groups in total. The summed E-state index contributed by atoms with van der Waals surface area (Å²) < 4.78 is 2.45. The first-order valence-corrected chi connectivity index (χ1v) is 10.3. The molecule has 0 fully saturated rings. The molecule has 140 valence electrons. The lowest BCUT2D eigenvalue weighted by atomic mass is 10.0. The van der Waals surface area contributed by atoms with Crippen LogP contribution in [0.15, 0.2) is 103 Å². The Morgan fingerprint density at radius 3 is 2.07 bits per heavy atom. The second-order valence-electron chi connectivity index (χ2n) is 7.91. The largest absolute Gasteiger partial charge is 0.354 e. The number of hydrogen-bond donors (Lipinski definition) is 1. The van der Waals surface area contributed by atoms with Crippen molar-refractivity contribution in [3.8, 4) is 5.69 Å². The fourth-order valence-electron chi connectivity index (χ4n) is 5.03. The Bertz CT molecular complexity index is 1730. The summed E-state index contributed by atoms with van der Waals surface area (Å²) in [4.78, 5) is 3.62. The molecule has 0 saturated carbocycles. The molecule has 0 amide bonds. The Labute approximate surface area is 173 Å². The Morgan fingerprint density at radius 2 is 1.17 bits per heavy atom. The molecule has 2 aromatic heterocycles. The lowest BCUT2D eigenvalue weighted by Gasteiger charge is -2.10. The van der Waals surface area contributed by atoms with Crippen molar-refractivity contribution in [2.75, 3.05) is 0 Å². The highest BCUT2D eigenvalue weighted by atomic mass is 15.0. The summed E-state index contributed by atoms with van der Waals surface area (Å²) in [6.07, 6.45) is 0. The van der Waals surface area contributed by atoms with Crippen molar-refractivity contribution in [3.63, 3.8) is 0 Å². The van der Waals surface area contributed by atoms with Crippen molar-refractivity contribution in [1.29, 1.82) is 0 Å². The highest BCUT2D eigenvalue weighted by molar-refractivity contribution is 6.28. The number of benzene rings is 5. The maximum atomic E-state index is 3.62. The number of aromatic nitrogens is 2. The molecule has 0 aliphatic rings. The molecule has 0 radical (unpaired) electrons. The fourth-order valence-corrected chi connectivity index (χ4v) is 5.03. The highest BCUT2D eigenvalue weighted by Gasteiger charge is 2.19. The Kier molecular flexibility index (Phi) is 3.03. The summed E-state index contributed by atoms with van der Waals surface area (Å²) in [7, 11) is 0. The molecular formula is C28H18N2. The smallest absolute Gasteiger partial charge is 0.0641 e. The van der Waals surface area contributed by atoms with Gasteiger partial charge in [-0.15, -0.1) is 0 Å². The molecule has 2 heterocycles. The van der Waals surface area contributed by atoms with E-state index in [0.717, 1.165) is 0 Å². The van der Waals surface area contributed by atoms with Gasteiger partial charge >= 0.3 is 0 Å². The molecule has 0 aliphatic carbocycles. The standard InChI is InChI=1S/C28H18N2/c1-2-9-19(10-3-1)30-27-20-11-5-4-8-18(20)14-15-21(27)22-16-17-25-26(28(22)30)23-12-6-7-13-24(23)29-25/h1-17,29H. The van der Waals surface area contributed by atoms with E-state index in [1.165, 1.54) is 60.1 Å². The minimum atomic E-state index is 1.17. The van der Waals surface area contributed by atoms with E-state index in [0.29, 0.717) is 0 Å². The van der Waals surface area contributed by atoms with E-state index in [4.69, 9.17) is 0 Å². The number of nitrogens with zero attached hydrogens (tertiary/aromatic N) is 1. The van der Waals surface area contributed by atoms with Crippen LogP contribution in [0.5, 0.6) is 0 Å². The molecule has 0 aliphatic heterocycles. The number of para-hydroxylation sites is 2. The minimum absolute atomic E-state index is 1.17. The molecule has 0 unspecified atom stereocenters. The van der Waals surface area contributed by atoms with Gasteiger partial charge in [0.05, 0.1) is 11.0 Å². The van der Waals surface area contributed by atoms with Gasteiger partial charge in [-0.05, 0) is 29.7 Å². The van der Waals surface area contributed by atoms with E-state index in [2.05, 4.69) is 113 Å². The van der Waals surface area contributed by atoms with Gasteiger partial charge in [0, 0.05) is 43.7 Å². The molecule has 0 spiro atoms. The Morgan fingerprint density at radius 1 is 0.467 bits per heavy atom. The number of hydrogen-bond acceptors (Lipinski definition) is 0. The average molecular weight is 382 g/mol. The van der Waals surface area contributed by atoms with E-state index in [1.54, 1.807) is 0 Å². The van der Waals surface area contributed by atoms with Crippen LogP contribution < -0.4 is 0 Å². The summed E-state index contributed by atoms with van der Waals surface area (Å²) in [6, 6.07) is 37.0. The first-order chi connectivity index (χ1) is 14.9. The molecule has 30 heavy (non-hydrogen) atoms. The lowest BCUT2D eigenvalue weighted by Crippen LogP contribution is -1.94. The summed E-state index contributed by atoms with van der Waals surface area (Å²) in [5, 5.41) is 7.68. The summed E-state index contributed by atoms with van der Waals surface area (Å²) in [5.74, 6) is 0. The van der Waals surface area contributed by atoms with Crippen LogP contribution >= 0.6 is 0 Å². The molecule has 0 bridgehead atoms. The molecular weight excluding hydrogens is 364 g/mol. The quantitative estimate of drug-likeness (QED) is 0.302. The zero-order valence-electron chi connectivity index (χ0n) is 16.3. The third kappa shape index (κ3) is 1.98. The van der Waals surface area contributed by atoms with E-state index in [-0.39, 0.29) is 0 Å². The lowest BCUT2D eigenvalue weighted by molar-refractivity contribution is 1.19. The monoisotopic (exact) mass is 382 g/mol. The molecule has 7 aromatic rings. The molecule has 5 aromatic carbocycles. The normalized spacial score (nSPS) is 12.0. The van der Waals surface area contributed by atoms with Crippen LogP contribution in [0.2, 0.25) is 0 Å². The fraction of sp³-hybridized carbons (Fsp3) is 0. The van der Waals surface area contributed by atoms with Crippen molar-refractivity contribution in [2.45, 2.75) is 0 Å². The summed E-state index contributed by atoms with van der Waals surface area (Å²) in [6.45, 7) is 0. The molecule has 0 atom stereocenters. The van der Waals surface area contributed by atoms with Crippen LogP contribution in [-0.4, -0.2) is 9.55 Å². The molecule has 2 heteroatoms. The summed E-state index contributed by atoms with van der Waals surface area (Å²) in [5.41, 5.74) is 6.07. The van der Waals surface area contributed by atoms with E-state index >= 15 is 0 Å². The van der Waals surface area contributed by atoms with Crippen molar-refractivity contribution < 1.29 is 0 Å². The molecule has 7 rings (SSSR count). The van der Waals surface area contributed by atoms with Crippen molar-refractivity contribution in [2.24, 2.45) is 0 Å². The minimum Gasteiger partial charge on any atom is -0.354 e. The van der Waals surface area contributed by atoms with Crippen LogP contribution in [-0.2, 0) is 0 Å². The topological polar surface area (TPSA) is 20.7 Å². The Balaban J connectivity index is 1.85. The summed E-state index contributed by atoms with van der Waals surface area (Å²) >= 11 is 0. The van der Waals surface area contributed by atoms with Gasteiger partial charge < -0.3 is 9.55 Å². The number of fused-ring (bicyclic) bond motifs is 9. The predicted octanol–water partition coefficient (Wildman–Crippen LogP) is 7.57. The van der Waals surface area contributed by atoms with Gasteiger partial charge in [0.25, 0.3) is 0 Å². The number of aromatic amines is 1. The van der Waals surface area contributed by atoms with Gasteiger partial charge in [0.2, 0.25) is 0 Å². The number of rotatable bonds is 1. The maximum absolute atomic E-state index is 3.62. The first kappa shape index (κ1) is 15.8. The van der Waals surface area contributed by atoms with Gasteiger partial charge in [0.15, 0.2) is 0 Å². The van der Waals surface area contributed by atoms with Gasteiger partial charge in [-0.2, -0.15) is 0 Å². The van der Waals surface area contributed by atoms with Crippen LogP contribution in [0.1, 0.15) is 0 Å². The van der Waals surface area contributed by atoms with E-state index in [1.807, 2.05) is 0 Å².